The topological polar surface area (TPSA) is 143 Å². The van der Waals surface area contributed by atoms with Gasteiger partial charge in [-0.15, -0.1) is 0 Å². The molecule has 19 heavy (non-hydrogen) atoms. The smallest absolute Gasteiger partial charge is 0.512 e. The molecule has 71 valence electrons. The first kappa shape index (κ1) is 110. The summed E-state index contributed by atoms with van der Waals surface area (Å²) in [5.74, 6) is 0. The van der Waals surface area contributed by atoms with E-state index < -0.39 is 0 Å². The number of hydrogen-bond donors (Lipinski definition) is 0. The van der Waals surface area contributed by atoms with Crippen LogP contribution in [0.5, 0.6) is 0 Å². The molecule has 0 spiro atoms. The zero-order valence-electron chi connectivity index (χ0n) is 11.2. The first-order chi connectivity index (χ1) is 6.00. The first-order valence-electron chi connectivity index (χ1n) is 1.34. The van der Waals surface area contributed by atoms with Crippen molar-refractivity contribution in [1.29, 1.82) is 31.6 Å². The van der Waals surface area contributed by atoms with E-state index in [1.54, 1.807) is 0 Å². The van der Waals surface area contributed by atoms with Gasteiger partial charge in [0.05, 0.1) is 0 Å². The van der Waals surface area contributed by atoms with Crippen LogP contribution in [0.4, 0.5) is 0 Å². The molecule has 0 aliphatic carbocycles. The summed E-state index contributed by atoms with van der Waals surface area (Å²) in [5, 5.41) is 37.5. The van der Waals surface area contributed by atoms with Gasteiger partial charge in [-0.3, -0.25) is 0 Å². The van der Waals surface area contributed by atoms with E-state index in [1.807, 2.05) is 0 Å². The van der Waals surface area contributed by atoms with E-state index >= 15 is 0 Å². The van der Waals surface area contributed by atoms with E-state index in [2.05, 4.69) is 0 Å². The first-order valence-corrected chi connectivity index (χ1v) is 1.34. The summed E-state index contributed by atoms with van der Waals surface area (Å²) >= 11 is 0. The van der Waals surface area contributed by atoms with Crippen LogP contribution in [0.2, 0.25) is 0 Å². The molecule has 0 saturated heterocycles. The zero-order valence-corrected chi connectivity index (χ0v) is 30.5. The Hall–Kier alpha value is 4.24. The van der Waals surface area contributed by atoms with Gasteiger partial charge in [-0.1, -0.05) is 0 Å². The van der Waals surface area contributed by atoms with Crippen LogP contribution in [0, 0.1) is 71.0 Å². The van der Waals surface area contributed by atoms with Crippen molar-refractivity contribution in [3.05, 3.63) is 39.4 Å². The third-order valence-corrected chi connectivity index (χ3v) is 0. The second-order valence-electron chi connectivity index (χ2n) is 0. The average molecular weight is 525 g/mol. The van der Waals surface area contributed by atoms with Gasteiger partial charge in [0.1, 0.15) is 0 Å². The largest absolute Gasteiger partial charge is 3.00 e. The summed E-state index contributed by atoms with van der Waals surface area (Å²) in [7, 11) is 0. The minimum Gasteiger partial charge on any atom is -0.512 e. The Morgan fingerprint density at radius 3 is 0.316 bits per heavy atom. The number of hydrogen-bond acceptors (Lipinski definition) is 6. The molecule has 0 unspecified atom stereocenters. The second kappa shape index (κ2) is 558. The molecular formula is C6FeK3N6Zn3. The number of nitrogens with zero attached hydrogens (tertiary/aromatic N) is 6. The summed E-state index contributed by atoms with van der Waals surface area (Å²) in [6.45, 7) is 28.5. The Labute approximate surface area is 292 Å². The summed E-state index contributed by atoms with van der Waals surface area (Å²) < 4.78 is 0. The van der Waals surface area contributed by atoms with E-state index in [0.29, 0.717) is 0 Å². The third kappa shape index (κ3) is 507. The Morgan fingerprint density at radius 2 is 0.316 bits per heavy atom. The molecule has 0 saturated carbocycles. The molecule has 6 nitrogen and oxygen atoms in total. The number of rotatable bonds is 0. The summed E-state index contributed by atoms with van der Waals surface area (Å²) in [6, 6.07) is 0. The monoisotopic (exact) mass is 521 g/mol. The predicted octanol–water partition coefficient (Wildman–Crippen LogP) is -8.42. The van der Waals surface area contributed by atoms with Crippen molar-refractivity contribution in [3.8, 4) is 0 Å². The van der Waals surface area contributed by atoms with Crippen LogP contribution in [0.15, 0.2) is 0 Å². The Morgan fingerprint density at radius 1 is 0.316 bits per heavy atom. The molecule has 0 amide bonds. The molecule has 0 aliphatic rings. The fourth-order valence-corrected chi connectivity index (χ4v) is 0. The normalized spacial score (nSPS) is 0.632. The third-order valence-electron chi connectivity index (χ3n) is 0. The Kier molecular flexibility index (Phi) is 3220. The van der Waals surface area contributed by atoms with Gasteiger partial charge in [0, 0.05) is 58.4 Å². The van der Waals surface area contributed by atoms with E-state index in [1.165, 1.54) is 0 Å². The standard InChI is InChI=1S/6CN.Fe.3K.3Zn/c6*1-2;;;;;;;/q6*-1;+3;3*+1;;;. The summed E-state index contributed by atoms with van der Waals surface area (Å²) in [5.41, 5.74) is 0. The van der Waals surface area contributed by atoms with Gasteiger partial charge in [-0.25, -0.2) is 0 Å². The maximum atomic E-state index is 6.25. The van der Waals surface area contributed by atoms with Crippen molar-refractivity contribution in [1.82, 2.24) is 0 Å². The van der Waals surface area contributed by atoms with E-state index in [4.69, 9.17) is 71.0 Å². The molecule has 13 heteroatoms. The molecule has 0 aromatic heterocycles. The van der Waals surface area contributed by atoms with Crippen LogP contribution < -0.4 is 154 Å². The van der Waals surface area contributed by atoms with Crippen LogP contribution in [-0.2, 0) is 75.5 Å². The fraction of sp³-hybridized carbons (Fsp3) is 0. The maximum Gasteiger partial charge on any atom is 3.00 e. The van der Waals surface area contributed by atoms with E-state index in [9.17, 15) is 0 Å². The van der Waals surface area contributed by atoms with Crippen molar-refractivity contribution in [2.75, 3.05) is 0 Å². The molecule has 0 fully saturated rings. The van der Waals surface area contributed by atoms with Crippen molar-refractivity contribution in [2.45, 2.75) is 0 Å². The molecule has 0 N–H and O–H groups in total. The van der Waals surface area contributed by atoms with Crippen molar-refractivity contribution in [3.63, 3.8) is 0 Å². The molecule has 0 aliphatic heterocycles. The summed E-state index contributed by atoms with van der Waals surface area (Å²) in [6.07, 6.45) is 0. The Bertz CT molecular complexity index is 115. The van der Waals surface area contributed by atoms with E-state index in [0.717, 1.165) is 0 Å². The predicted molar refractivity (Wildman–Crippen MR) is 29.8 cm³/mol. The van der Waals surface area contributed by atoms with Crippen molar-refractivity contribution < 1.29 is 230 Å². The van der Waals surface area contributed by atoms with Gasteiger partial charge in [-0.05, 0) is 0 Å². The minimum atomic E-state index is 0. The van der Waals surface area contributed by atoms with Crippen LogP contribution in [0.25, 0.3) is 0 Å². The van der Waals surface area contributed by atoms with Crippen LogP contribution in [0.3, 0.4) is 0 Å². The molecule has 0 heterocycles. The molecule has 0 atom stereocenters. The molecule has 1 radical (unpaired) electrons. The summed E-state index contributed by atoms with van der Waals surface area (Å²) in [4.78, 5) is 0. The van der Waals surface area contributed by atoms with Gasteiger partial charge in [0.25, 0.3) is 0 Å². The van der Waals surface area contributed by atoms with Gasteiger partial charge in [0.15, 0.2) is 0 Å². The van der Waals surface area contributed by atoms with Gasteiger partial charge < -0.3 is 71.0 Å². The maximum absolute atomic E-state index is 6.25. The average Bonchev–Trinajstić information content (AvgIpc) is 2.33. The van der Waals surface area contributed by atoms with Crippen LogP contribution >= 0.6 is 0 Å². The molecule has 0 aromatic rings. The van der Waals surface area contributed by atoms with Gasteiger partial charge >= 0.3 is 171 Å². The minimum absolute atomic E-state index is 0. The fourth-order valence-electron chi connectivity index (χ4n) is 0. The molecule has 0 rings (SSSR count). The zero-order chi connectivity index (χ0) is 12.0. The van der Waals surface area contributed by atoms with Crippen molar-refractivity contribution in [2.24, 2.45) is 0 Å². The molecule has 0 aromatic carbocycles. The van der Waals surface area contributed by atoms with Crippen molar-refractivity contribution >= 4 is 0 Å². The molecule has 0 bridgehead atoms. The second-order valence-corrected chi connectivity index (χ2v) is 0. The Balaban J connectivity index is -0.00000000193. The van der Waals surface area contributed by atoms with Gasteiger partial charge in [0.2, 0.25) is 0 Å². The quantitative estimate of drug-likeness (QED) is 0.227. The molecular weight excluding hydrogens is 525 g/mol. The van der Waals surface area contributed by atoms with Gasteiger partial charge in [-0.2, -0.15) is 0 Å². The van der Waals surface area contributed by atoms with E-state index in [-0.39, 0.29) is 230 Å². The van der Waals surface area contributed by atoms with Crippen LogP contribution in [0.1, 0.15) is 0 Å². The SMILES string of the molecule is [C-]#N.[C-]#N.[C-]#N.[C-]#N.[C-]#N.[C-]#N.[Fe+3].[K+].[K+].[K+].[Zn].[Zn].[Zn]. The van der Waals surface area contributed by atoms with Crippen LogP contribution in [-0.4, -0.2) is 0 Å².